The minimum atomic E-state index is -1.77. The van der Waals surface area contributed by atoms with Crippen LogP contribution in [0, 0.1) is 21.6 Å². The van der Waals surface area contributed by atoms with Crippen LogP contribution >= 0.6 is 0 Å². The van der Waals surface area contributed by atoms with E-state index in [2.05, 4.69) is 174 Å². The predicted octanol–water partition coefficient (Wildman–Crippen LogP) is 0.399. The summed E-state index contributed by atoms with van der Waals surface area (Å²) in [6.45, 7) is 52.4. The van der Waals surface area contributed by atoms with E-state index in [1.54, 1.807) is 72.8 Å². The molecule has 0 saturated carbocycles. The summed E-state index contributed by atoms with van der Waals surface area (Å²) < 4.78 is 8.78. The summed E-state index contributed by atoms with van der Waals surface area (Å²) in [5.74, 6) is -3.61. The van der Waals surface area contributed by atoms with Crippen molar-refractivity contribution < 1.29 is 98.5 Å². The quantitative estimate of drug-likeness (QED) is 0.0675. The van der Waals surface area contributed by atoms with Gasteiger partial charge in [0.2, 0.25) is 0 Å². The Labute approximate surface area is 544 Å². The van der Waals surface area contributed by atoms with E-state index in [0.717, 1.165) is 0 Å². The van der Waals surface area contributed by atoms with Gasteiger partial charge in [-0.15, -0.1) is 0 Å². The van der Waals surface area contributed by atoms with E-state index in [-0.39, 0.29) is 81.2 Å². The fourth-order valence-corrected chi connectivity index (χ4v) is 49.2. The summed E-state index contributed by atoms with van der Waals surface area (Å²) in [6, 6.07) is 26.5. The number of hydrogen-bond donors (Lipinski definition) is 4. The summed E-state index contributed by atoms with van der Waals surface area (Å²) in [4.78, 5) is 45.0. The van der Waals surface area contributed by atoms with E-state index >= 15 is 0 Å². The van der Waals surface area contributed by atoms with Crippen molar-refractivity contribution in [3.63, 3.8) is 0 Å². The van der Waals surface area contributed by atoms with Gasteiger partial charge in [-0.05, 0) is 0 Å². The fraction of sp³-hybridized carbons (Fsp3) is 0.429. The van der Waals surface area contributed by atoms with Gasteiger partial charge in [0, 0.05) is 66.2 Å². The molecule has 0 aromatic heterocycles. The average molecular weight is 1380 g/mol. The van der Waals surface area contributed by atoms with Crippen LogP contribution in [0.15, 0.2) is 97.1 Å². The Morgan fingerprint density at radius 2 is 0.357 bits per heavy atom. The smallest absolute Gasteiger partial charge is 0.139 e. The van der Waals surface area contributed by atoms with E-state index in [1.807, 2.05) is 0 Å². The van der Waals surface area contributed by atoms with Crippen molar-refractivity contribution in [2.75, 3.05) is 0 Å². The average Bonchev–Trinajstić information content (AvgIpc) is 3.25. The maximum atomic E-state index is 11.2. The molecule has 0 atom stereocenters. The van der Waals surface area contributed by atoms with Crippen LogP contribution in [-0.4, -0.2) is 130 Å². The van der Waals surface area contributed by atoms with Crippen molar-refractivity contribution in [2.24, 2.45) is 0 Å². The van der Waals surface area contributed by atoms with Crippen molar-refractivity contribution in [1.82, 2.24) is 16.9 Å². The molecule has 0 bridgehead atoms. The van der Waals surface area contributed by atoms with Crippen LogP contribution in [0.1, 0.15) is 63.7 Å². The van der Waals surface area contributed by atoms with Crippen molar-refractivity contribution >= 4 is 113 Å². The van der Waals surface area contributed by atoms with E-state index in [9.17, 15) is 39.6 Å². The van der Waals surface area contributed by atoms with Gasteiger partial charge in [0.1, 0.15) is 89.2 Å². The molecule has 0 fully saturated rings. The molecule has 28 heteroatoms. The summed E-state index contributed by atoms with van der Waals surface area (Å²) in [6.07, 6.45) is 0. The number of halogens is 3. The van der Waals surface area contributed by atoms with Crippen LogP contribution in [0.25, 0.3) is 0 Å². The Morgan fingerprint density at radius 3 is 0.440 bits per heavy atom. The molecule has 0 aliphatic heterocycles. The number of benzene rings is 4. The van der Waals surface area contributed by atoms with Gasteiger partial charge in [0.15, 0.2) is 0 Å². The zero-order valence-electron chi connectivity index (χ0n) is 53.9. The van der Waals surface area contributed by atoms with Crippen LogP contribution in [0.4, 0.5) is 0 Å². The number of carboxylic acids is 4. The Bertz CT molecular complexity index is 2480. The Kier molecular flexibility index (Phi) is 34.3. The van der Waals surface area contributed by atoms with Crippen LogP contribution in [0.5, 0.6) is 0 Å². The normalized spacial score (nSPS) is 11.5. The summed E-state index contributed by atoms with van der Waals surface area (Å²) in [7, 11) is -14.1. The Balaban J connectivity index is -0.000000500. The molecule has 0 aliphatic carbocycles. The minimum Gasteiger partial charge on any atom is -1.00 e. The van der Waals surface area contributed by atoms with E-state index in [0.29, 0.717) is 45.6 Å². The molecule has 84 heavy (non-hydrogen) atoms. The second-order valence-electron chi connectivity index (χ2n) is 27.4. The van der Waals surface area contributed by atoms with Gasteiger partial charge in [-0.1, -0.05) is 254 Å². The second kappa shape index (κ2) is 33.3. The van der Waals surface area contributed by atoms with Crippen molar-refractivity contribution in [3.8, 4) is 0 Å². The first-order valence-electron chi connectivity index (χ1n) is 26.6. The zero-order chi connectivity index (χ0) is 62.9. The Hall–Kier alpha value is -4.04. The first-order valence-corrected chi connectivity index (χ1v) is 54.2. The molecule has 4 aromatic carbocycles. The van der Waals surface area contributed by atoms with Crippen molar-refractivity contribution in [1.29, 1.82) is 21.6 Å². The van der Waals surface area contributed by atoms with Gasteiger partial charge >= 0.3 is 0 Å². The third-order valence-corrected chi connectivity index (χ3v) is 40.5. The molecular weight excluding hydrogens is 1290 g/mol. The maximum Gasteiger partial charge on any atom is 0.139 e. The number of nitrogens with zero attached hydrogens (tertiary/aromatic N) is 4. The monoisotopic (exact) mass is 1380 g/mol. The number of carboxylic acid groups (broad SMARTS) is 4. The van der Waals surface area contributed by atoms with E-state index in [1.165, 1.54) is 24.3 Å². The third kappa shape index (κ3) is 25.0. The molecule has 0 unspecified atom stereocenters. The molecule has 16 nitrogen and oxygen atoms in total. The van der Waals surface area contributed by atoms with Crippen LogP contribution < -0.4 is 57.6 Å². The number of amidine groups is 4. The molecule has 0 amide bonds. The van der Waals surface area contributed by atoms with E-state index in [4.69, 9.17) is 21.6 Å². The van der Waals surface area contributed by atoms with Crippen molar-refractivity contribution in [2.45, 2.75) is 157 Å². The first kappa shape index (κ1) is 86.4. The molecule has 0 spiro atoms. The number of hydrogen-bond acceptors (Lipinski definition) is 12. The predicted molar refractivity (Wildman–Crippen MR) is 345 cm³/mol. The van der Waals surface area contributed by atoms with E-state index < -0.39 is 89.8 Å². The standard InChI is InChI=1S/4C14H24N2O2Si2.3ClH.Ti/c4*1-19(2,3)16(20(4,5)6)13(15)11-9-7-8-10-12(11)14(17)18;;;;/h4*7-10,15H,1-6H3,(H,17,18);3*1H;/p-7. The summed E-state index contributed by atoms with van der Waals surface area (Å²) in [5.41, 5.74) is 2.21. The fourth-order valence-electron chi connectivity index (χ4n) is 10.7. The third-order valence-electron chi connectivity index (χ3n) is 11.9. The SMILES string of the molecule is C[Si](C)(C)N(C(=N)c1ccccc1C(=O)[O-])[Si](C)(C)C.C[Si](C)(C)N(C(=N)c1ccccc1C(=O)[O-])[Si](C)(C)C.C[Si](C)(C)N(C(=N)c1ccccc1C(=O)[O-])[Si](C)(C)C.C[Si](C)(C)N(C(=N)c1ccccc1C(=O)[O-])[Si](C)(C)C.[Cl-].[Cl-].[Cl-].[Ti]. The van der Waals surface area contributed by atoms with Gasteiger partial charge in [0.05, 0.1) is 23.9 Å². The van der Waals surface area contributed by atoms with Crippen LogP contribution in [-0.2, 0) is 21.7 Å². The summed E-state index contributed by atoms with van der Waals surface area (Å²) >= 11 is 0. The van der Waals surface area contributed by atoms with Gasteiger partial charge in [-0.25, -0.2) is 0 Å². The zero-order valence-corrected chi connectivity index (χ0v) is 65.8. The molecule has 0 aliphatic rings. The van der Waals surface area contributed by atoms with Gasteiger partial charge < -0.3 is 93.7 Å². The number of carbonyl (C=O) groups excluding carboxylic acids is 4. The van der Waals surface area contributed by atoms with Gasteiger partial charge in [-0.2, -0.15) is 0 Å². The molecule has 468 valence electrons. The van der Waals surface area contributed by atoms with Crippen LogP contribution in [0.3, 0.4) is 0 Å². The molecule has 0 heterocycles. The topological polar surface area (TPSA) is 269 Å². The molecule has 4 aromatic rings. The Morgan fingerprint density at radius 1 is 0.262 bits per heavy atom. The molecule has 0 radical (unpaired) electrons. The summed E-state index contributed by atoms with van der Waals surface area (Å²) in [5, 5.41) is 79.1. The maximum absolute atomic E-state index is 11.2. The number of aromatic carboxylic acids is 4. The number of rotatable bonds is 16. The molecule has 0 saturated heterocycles. The van der Waals surface area contributed by atoms with Crippen LogP contribution in [0.2, 0.25) is 157 Å². The number of nitrogens with one attached hydrogen (secondary N) is 4. The molecular formula is C56H92Cl3N8O8Si8Ti-7. The van der Waals surface area contributed by atoms with Crippen molar-refractivity contribution in [3.05, 3.63) is 142 Å². The first-order chi connectivity index (χ1) is 35.8. The molecule has 4 N–H and O–H groups in total. The largest absolute Gasteiger partial charge is 1.00 e. The number of carbonyl (C=O) groups is 4. The molecule has 4 rings (SSSR count). The van der Waals surface area contributed by atoms with Gasteiger partial charge in [0.25, 0.3) is 0 Å². The van der Waals surface area contributed by atoms with Gasteiger partial charge in [-0.3, -0.25) is 21.6 Å². The minimum absolute atomic E-state index is 0. The second-order valence-corrected chi connectivity index (χ2v) is 67.5.